The predicted molar refractivity (Wildman–Crippen MR) is 88.6 cm³/mol. The number of amides is 1. The average Bonchev–Trinajstić information content (AvgIpc) is 2.57. The van der Waals surface area contributed by atoms with Crippen molar-refractivity contribution in [2.45, 2.75) is 19.0 Å². The molecule has 1 saturated carbocycles. The fourth-order valence-electron chi connectivity index (χ4n) is 2.75. The first kappa shape index (κ1) is 17.1. The highest BCUT2D eigenvalue weighted by Crippen LogP contribution is 2.31. The summed E-state index contributed by atoms with van der Waals surface area (Å²) in [6.07, 6.45) is 0.425. The first-order chi connectivity index (χ1) is 12.0. The van der Waals surface area contributed by atoms with Crippen molar-refractivity contribution in [1.29, 1.82) is 0 Å². The molecule has 1 fully saturated rings. The maximum atomic E-state index is 14.3. The quantitative estimate of drug-likeness (QED) is 0.837. The summed E-state index contributed by atoms with van der Waals surface area (Å²) in [5, 5.41) is 11.1. The molecule has 0 saturated heterocycles. The van der Waals surface area contributed by atoms with Crippen LogP contribution in [0.15, 0.2) is 24.3 Å². The molecule has 0 radical (unpaired) electrons. The smallest absolute Gasteiger partial charge is 0.252 e. The second kappa shape index (κ2) is 7.00. The van der Waals surface area contributed by atoms with E-state index in [2.05, 4.69) is 15.5 Å². The number of alkyl halides is 1. The van der Waals surface area contributed by atoms with Gasteiger partial charge in [-0.1, -0.05) is 0 Å². The normalized spacial score (nSPS) is 19.2. The SMILES string of the molecule is COc1cc(F)c(-c2ccc(NCC3CC(F)C3)nn2)cc1C(N)=O. The minimum absolute atomic E-state index is 0.0617. The van der Waals surface area contributed by atoms with Crippen LogP contribution in [0.25, 0.3) is 11.3 Å². The van der Waals surface area contributed by atoms with Gasteiger partial charge in [-0.05, 0) is 37.0 Å². The topological polar surface area (TPSA) is 90.1 Å². The lowest BCUT2D eigenvalue weighted by Crippen LogP contribution is -2.30. The second-order valence-corrected chi connectivity index (χ2v) is 6.02. The van der Waals surface area contributed by atoms with Crippen molar-refractivity contribution in [3.8, 4) is 17.0 Å². The molecule has 0 bridgehead atoms. The third-order valence-corrected chi connectivity index (χ3v) is 4.25. The number of halogens is 2. The first-order valence-electron chi connectivity index (χ1n) is 7.87. The van der Waals surface area contributed by atoms with Crippen molar-refractivity contribution in [1.82, 2.24) is 10.2 Å². The van der Waals surface area contributed by atoms with E-state index in [1.54, 1.807) is 12.1 Å². The number of ether oxygens (including phenoxy) is 1. The molecular formula is C17H18F2N4O2. The molecule has 0 atom stereocenters. The summed E-state index contributed by atoms with van der Waals surface area (Å²) >= 11 is 0. The van der Waals surface area contributed by atoms with Crippen molar-refractivity contribution < 1.29 is 18.3 Å². The number of nitrogens with two attached hydrogens (primary N) is 1. The van der Waals surface area contributed by atoms with Crippen LogP contribution < -0.4 is 15.8 Å². The highest BCUT2D eigenvalue weighted by atomic mass is 19.1. The molecule has 1 aliphatic rings. The third kappa shape index (κ3) is 3.67. The second-order valence-electron chi connectivity index (χ2n) is 6.02. The number of hydrogen-bond donors (Lipinski definition) is 2. The lowest BCUT2D eigenvalue weighted by molar-refractivity contribution is 0.0997. The summed E-state index contributed by atoms with van der Waals surface area (Å²) in [7, 11) is 1.33. The molecule has 6 nitrogen and oxygen atoms in total. The van der Waals surface area contributed by atoms with Crippen LogP contribution in [0.5, 0.6) is 5.75 Å². The summed E-state index contributed by atoms with van der Waals surface area (Å²) in [5.41, 5.74) is 5.73. The average molecular weight is 348 g/mol. The molecule has 0 unspecified atom stereocenters. The van der Waals surface area contributed by atoms with E-state index in [1.165, 1.54) is 13.2 Å². The van der Waals surface area contributed by atoms with Crippen LogP contribution in [0.3, 0.4) is 0 Å². The molecular weight excluding hydrogens is 330 g/mol. The standard InChI is InChI=1S/C17H18F2N4O2/c1-25-15-7-13(19)11(6-12(15)17(20)24)14-2-3-16(23-22-14)21-8-9-4-10(18)5-9/h2-3,6-7,9-10H,4-5,8H2,1H3,(H2,20,24)(H,21,23). The predicted octanol–water partition coefficient (Wildman–Crippen LogP) is 2.55. The Morgan fingerprint density at radius 1 is 1.36 bits per heavy atom. The van der Waals surface area contributed by atoms with Gasteiger partial charge in [0.05, 0.1) is 18.4 Å². The molecule has 25 heavy (non-hydrogen) atoms. The minimum Gasteiger partial charge on any atom is -0.496 e. The van der Waals surface area contributed by atoms with E-state index >= 15 is 0 Å². The largest absolute Gasteiger partial charge is 0.496 e. The van der Waals surface area contributed by atoms with Gasteiger partial charge in [-0.3, -0.25) is 4.79 Å². The monoisotopic (exact) mass is 348 g/mol. The van der Waals surface area contributed by atoms with Gasteiger partial charge in [0.15, 0.2) is 0 Å². The molecule has 0 spiro atoms. The van der Waals surface area contributed by atoms with E-state index in [0.717, 1.165) is 6.07 Å². The number of hydrogen-bond acceptors (Lipinski definition) is 5. The number of primary amides is 1. The van der Waals surface area contributed by atoms with Gasteiger partial charge >= 0.3 is 0 Å². The molecule has 1 aromatic heterocycles. The van der Waals surface area contributed by atoms with Gasteiger partial charge in [-0.15, -0.1) is 10.2 Å². The molecule has 1 amide bonds. The van der Waals surface area contributed by atoms with E-state index in [-0.39, 0.29) is 22.6 Å². The van der Waals surface area contributed by atoms with Crippen LogP contribution in [-0.4, -0.2) is 35.9 Å². The van der Waals surface area contributed by atoms with Crippen LogP contribution in [0, 0.1) is 11.7 Å². The molecule has 3 rings (SSSR count). The third-order valence-electron chi connectivity index (χ3n) is 4.25. The zero-order valence-electron chi connectivity index (χ0n) is 13.6. The number of methoxy groups -OCH3 is 1. The molecule has 1 aliphatic carbocycles. The van der Waals surface area contributed by atoms with Crippen molar-refractivity contribution in [3.63, 3.8) is 0 Å². The number of nitrogens with one attached hydrogen (secondary N) is 1. The maximum Gasteiger partial charge on any atom is 0.252 e. The van der Waals surface area contributed by atoms with Crippen LogP contribution in [0.4, 0.5) is 14.6 Å². The molecule has 1 aromatic carbocycles. The first-order valence-corrected chi connectivity index (χ1v) is 7.87. The highest BCUT2D eigenvalue weighted by molar-refractivity contribution is 5.97. The van der Waals surface area contributed by atoms with Gasteiger partial charge in [-0.2, -0.15) is 0 Å². The van der Waals surface area contributed by atoms with E-state index in [1.807, 2.05) is 0 Å². The summed E-state index contributed by atoms with van der Waals surface area (Å²) in [6, 6.07) is 5.63. The summed E-state index contributed by atoms with van der Waals surface area (Å²) in [5.74, 6) is -0.438. The molecule has 132 valence electrons. The highest BCUT2D eigenvalue weighted by Gasteiger charge is 2.28. The number of nitrogens with zero attached hydrogens (tertiary/aromatic N) is 2. The van der Waals surface area contributed by atoms with Gasteiger partial charge in [-0.25, -0.2) is 8.78 Å². The summed E-state index contributed by atoms with van der Waals surface area (Å²) in [4.78, 5) is 11.5. The number of rotatable bonds is 6. The molecule has 1 heterocycles. The Labute approximate surface area is 143 Å². The molecule has 3 N–H and O–H groups in total. The molecule has 8 heteroatoms. The zero-order valence-corrected chi connectivity index (χ0v) is 13.6. The van der Waals surface area contributed by atoms with Gasteiger partial charge in [0.1, 0.15) is 23.6 Å². The van der Waals surface area contributed by atoms with Crippen molar-refractivity contribution in [2.75, 3.05) is 19.0 Å². The van der Waals surface area contributed by atoms with Crippen molar-refractivity contribution in [3.05, 3.63) is 35.6 Å². The number of aromatic nitrogens is 2. The van der Waals surface area contributed by atoms with Crippen molar-refractivity contribution >= 4 is 11.7 Å². The number of anilines is 1. The fourth-order valence-corrected chi connectivity index (χ4v) is 2.75. The number of carbonyl (C=O) groups excluding carboxylic acids is 1. The Kier molecular flexibility index (Phi) is 4.78. The summed E-state index contributed by atoms with van der Waals surface area (Å²) < 4.78 is 32.0. The Balaban J connectivity index is 1.77. The Morgan fingerprint density at radius 2 is 2.12 bits per heavy atom. The van der Waals surface area contributed by atoms with Crippen LogP contribution in [-0.2, 0) is 0 Å². The van der Waals surface area contributed by atoms with E-state index < -0.39 is 17.9 Å². The molecule has 2 aromatic rings. The Hall–Kier alpha value is -2.77. The number of carbonyl (C=O) groups is 1. The van der Waals surface area contributed by atoms with E-state index in [0.29, 0.717) is 31.1 Å². The van der Waals surface area contributed by atoms with E-state index in [4.69, 9.17) is 10.5 Å². The van der Waals surface area contributed by atoms with Gasteiger partial charge < -0.3 is 15.8 Å². The minimum atomic E-state index is -0.726. The molecule has 0 aliphatic heterocycles. The Morgan fingerprint density at radius 3 is 2.68 bits per heavy atom. The fraction of sp³-hybridized carbons (Fsp3) is 0.353. The number of benzene rings is 1. The zero-order chi connectivity index (χ0) is 18.0. The Bertz CT molecular complexity index is 777. The van der Waals surface area contributed by atoms with Crippen molar-refractivity contribution in [2.24, 2.45) is 11.7 Å². The lowest BCUT2D eigenvalue weighted by atomic mass is 9.83. The van der Waals surface area contributed by atoms with E-state index in [9.17, 15) is 13.6 Å². The van der Waals surface area contributed by atoms with Crippen LogP contribution in [0.1, 0.15) is 23.2 Å². The van der Waals surface area contributed by atoms with Crippen LogP contribution >= 0.6 is 0 Å². The maximum absolute atomic E-state index is 14.3. The van der Waals surface area contributed by atoms with Gasteiger partial charge in [0.2, 0.25) is 0 Å². The van der Waals surface area contributed by atoms with Gasteiger partial charge in [0, 0.05) is 18.2 Å². The van der Waals surface area contributed by atoms with Crippen LogP contribution in [0.2, 0.25) is 0 Å². The summed E-state index contributed by atoms with van der Waals surface area (Å²) in [6.45, 7) is 0.622. The lowest BCUT2D eigenvalue weighted by Gasteiger charge is -2.29. The van der Waals surface area contributed by atoms with Gasteiger partial charge in [0.25, 0.3) is 5.91 Å².